The van der Waals surface area contributed by atoms with Crippen LogP contribution in [0.25, 0.3) is 0 Å². The summed E-state index contributed by atoms with van der Waals surface area (Å²) in [5, 5.41) is 1.70. The number of hydrogen-bond acceptors (Lipinski definition) is 5. The molecule has 6 heteroatoms. The SMILES string of the molecule is COC(=O)c1sccc1N1C(=O)[C@@H]2[C@H](C1=O)[C@H]1C=C[C@H]2C1. The zero-order chi connectivity index (χ0) is 14.7. The van der Waals surface area contributed by atoms with Gasteiger partial charge in [0.05, 0.1) is 24.6 Å². The lowest BCUT2D eigenvalue weighted by molar-refractivity contribution is -0.123. The summed E-state index contributed by atoms with van der Waals surface area (Å²) in [6.07, 6.45) is 5.00. The van der Waals surface area contributed by atoms with Crippen molar-refractivity contribution in [3.8, 4) is 0 Å². The highest BCUT2D eigenvalue weighted by Gasteiger charge is 2.60. The topological polar surface area (TPSA) is 63.7 Å². The van der Waals surface area contributed by atoms with E-state index in [0.717, 1.165) is 6.42 Å². The lowest BCUT2D eigenvalue weighted by Crippen LogP contribution is -2.33. The van der Waals surface area contributed by atoms with Crippen molar-refractivity contribution in [3.63, 3.8) is 0 Å². The second-order valence-electron chi connectivity index (χ2n) is 5.64. The Balaban J connectivity index is 1.75. The third-order valence-corrected chi connectivity index (χ3v) is 5.61. The number of thiophene rings is 1. The number of carbonyl (C=O) groups is 3. The first-order chi connectivity index (χ1) is 10.1. The third-order valence-electron chi connectivity index (χ3n) is 4.73. The Morgan fingerprint density at radius 1 is 1.24 bits per heavy atom. The number of ether oxygens (including phenoxy) is 1. The monoisotopic (exact) mass is 303 g/mol. The van der Waals surface area contributed by atoms with E-state index in [-0.39, 0.29) is 35.5 Å². The molecule has 108 valence electrons. The molecule has 4 rings (SSSR count). The highest BCUT2D eigenvalue weighted by molar-refractivity contribution is 7.12. The minimum atomic E-state index is -0.515. The van der Waals surface area contributed by atoms with Gasteiger partial charge in [0.1, 0.15) is 4.88 Å². The molecule has 1 aromatic heterocycles. The molecule has 2 aliphatic carbocycles. The van der Waals surface area contributed by atoms with Gasteiger partial charge < -0.3 is 4.74 Å². The van der Waals surface area contributed by atoms with E-state index in [1.165, 1.54) is 23.3 Å². The van der Waals surface area contributed by atoms with E-state index in [2.05, 4.69) is 12.2 Å². The van der Waals surface area contributed by atoms with Gasteiger partial charge in [-0.3, -0.25) is 9.59 Å². The molecule has 1 saturated carbocycles. The largest absolute Gasteiger partial charge is 0.465 e. The number of esters is 1. The fourth-order valence-corrected chi connectivity index (χ4v) is 4.66. The van der Waals surface area contributed by atoms with E-state index < -0.39 is 5.97 Å². The van der Waals surface area contributed by atoms with E-state index in [0.29, 0.717) is 10.6 Å². The van der Waals surface area contributed by atoms with Crippen molar-refractivity contribution >= 4 is 34.8 Å². The van der Waals surface area contributed by atoms with Gasteiger partial charge in [-0.25, -0.2) is 9.69 Å². The van der Waals surface area contributed by atoms with E-state index in [4.69, 9.17) is 4.74 Å². The van der Waals surface area contributed by atoms with Crippen molar-refractivity contribution in [2.75, 3.05) is 12.0 Å². The van der Waals surface area contributed by atoms with Crippen LogP contribution in [-0.2, 0) is 14.3 Å². The fraction of sp³-hybridized carbons (Fsp3) is 0.400. The molecule has 2 amide bonds. The second-order valence-corrected chi connectivity index (χ2v) is 6.55. The molecular weight excluding hydrogens is 290 g/mol. The maximum Gasteiger partial charge on any atom is 0.350 e. The highest BCUT2D eigenvalue weighted by Crippen LogP contribution is 2.53. The molecule has 0 N–H and O–H groups in total. The van der Waals surface area contributed by atoms with Crippen molar-refractivity contribution in [3.05, 3.63) is 28.5 Å². The summed E-state index contributed by atoms with van der Waals surface area (Å²) in [4.78, 5) is 38.6. The number of carbonyl (C=O) groups excluding carboxylic acids is 3. The Kier molecular flexibility index (Phi) is 2.60. The van der Waals surface area contributed by atoms with Crippen LogP contribution in [0.2, 0.25) is 0 Å². The summed E-state index contributed by atoms with van der Waals surface area (Å²) in [6, 6.07) is 1.64. The molecule has 5 nitrogen and oxygen atoms in total. The van der Waals surface area contributed by atoms with Gasteiger partial charge in [0.15, 0.2) is 0 Å². The van der Waals surface area contributed by atoms with Crippen LogP contribution in [0, 0.1) is 23.7 Å². The van der Waals surface area contributed by atoms with Crippen LogP contribution in [0.15, 0.2) is 23.6 Å². The van der Waals surface area contributed by atoms with Gasteiger partial charge in [-0.2, -0.15) is 0 Å². The van der Waals surface area contributed by atoms with Crippen LogP contribution < -0.4 is 4.90 Å². The molecule has 0 aromatic carbocycles. The van der Waals surface area contributed by atoms with Crippen molar-refractivity contribution < 1.29 is 19.1 Å². The quantitative estimate of drug-likeness (QED) is 0.475. The molecular formula is C15H13NO4S. The molecule has 3 aliphatic rings. The maximum absolute atomic E-state index is 12.7. The number of fused-ring (bicyclic) bond motifs is 5. The summed E-state index contributed by atoms with van der Waals surface area (Å²) in [5.74, 6) is -1.03. The van der Waals surface area contributed by atoms with Crippen LogP contribution in [0.1, 0.15) is 16.1 Å². The minimum absolute atomic E-state index is 0.168. The lowest BCUT2D eigenvalue weighted by Gasteiger charge is -2.17. The summed E-state index contributed by atoms with van der Waals surface area (Å²) in [5.41, 5.74) is 0.371. The van der Waals surface area contributed by atoms with E-state index in [1.54, 1.807) is 11.4 Å². The van der Waals surface area contributed by atoms with Crippen LogP contribution in [0.3, 0.4) is 0 Å². The van der Waals surface area contributed by atoms with Crippen LogP contribution in [0.4, 0.5) is 5.69 Å². The Morgan fingerprint density at radius 2 is 1.86 bits per heavy atom. The summed E-state index contributed by atoms with van der Waals surface area (Å²) < 4.78 is 4.72. The number of rotatable bonds is 2. The average molecular weight is 303 g/mol. The van der Waals surface area contributed by atoms with Crippen LogP contribution >= 0.6 is 11.3 Å². The molecule has 4 atom stereocenters. The summed E-state index contributed by atoms with van der Waals surface area (Å²) in [6.45, 7) is 0. The molecule has 1 aliphatic heterocycles. The zero-order valence-electron chi connectivity index (χ0n) is 11.3. The molecule has 2 fully saturated rings. The van der Waals surface area contributed by atoms with Gasteiger partial charge in [-0.1, -0.05) is 12.2 Å². The van der Waals surface area contributed by atoms with Crippen molar-refractivity contribution in [1.82, 2.24) is 0 Å². The van der Waals surface area contributed by atoms with Crippen molar-refractivity contribution in [2.24, 2.45) is 23.7 Å². The Hall–Kier alpha value is -1.95. The maximum atomic E-state index is 12.7. The average Bonchev–Trinajstić information content (AvgIpc) is 3.22. The van der Waals surface area contributed by atoms with Crippen molar-refractivity contribution in [1.29, 1.82) is 0 Å². The predicted molar refractivity (Wildman–Crippen MR) is 75.9 cm³/mol. The van der Waals surface area contributed by atoms with Gasteiger partial charge in [0.2, 0.25) is 11.8 Å². The zero-order valence-corrected chi connectivity index (χ0v) is 12.1. The molecule has 2 heterocycles. The first-order valence-electron chi connectivity index (χ1n) is 6.85. The molecule has 1 aromatic rings. The molecule has 0 unspecified atom stereocenters. The second kappa shape index (κ2) is 4.27. The number of amides is 2. The third kappa shape index (κ3) is 1.53. The predicted octanol–water partition coefficient (Wildman–Crippen LogP) is 1.85. The number of hydrogen-bond donors (Lipinski definition) is 0. The normalized spacial score (nSPS) is 32.9. The van der Waals surface area contributed by atoms with Gasteiger partial charge in [-0.05, 0) is 29.7 Å². The summed E-state index contributed by atoms with van der Waals surface area (Å²) >= 11 is 1.18. The number of methoxy groups -OCH3 is 1. The van der Waals surface area contributed by atoms with E-state index in [1.807, 2.05) is 0 Å². The van der Waals surface area contributed by atoms with Crippen LogP contribution in [0.5, 0.6) is 0 Å². The lowest BCUT2D eigenvalue weighted by atomic mass is 9.85. The number of nitrogens with zero attached hydrogens (tertiary/aromatic N) is 1. The molecule has 2 bridgehead atoms. The van der Waals surface area contributed by atoms with Gasteiger partial charge in [0.25, 0.3) is 0 Å². The first kappa shape index (κ1) is 12.8. The Morgan fingerprint density at radius 3 is 2.43 bits per heavy atom. The minimum Gasteiger partial charge on any atom is -0.465 e. The smallest absolute Gasteiger partial charge is 0.350 e. The Bertz CT molecular complexity index is 662. The first-order valence-corrected chi connectivity index (χ1v) is 7.73. The standard InChI is InChI=1S/C15H13NO4S/c1-20-15(19)12-9(4-5-21-12)16-13(17)10-7-2-3-8(6-7)11(10)14(16)18/h2-5,7-8,10-11H,6H2,1H3/t7-,8-,10-,11+/m0/s1. The van der Waals surface area contributed by atoms with E-state index in [9.17, 15) is 14.4 Å². The van der Waals surface area contributed by atoms with E-state index >= 15 is 0 Å². The molecule has 0 spiro atoms. The van der Waals surface area contributed by atoms with Gasteiger partial charge >= 0.3 is 5.97 Å². The molecule has 21 heavy (non-hydrogen) atoms. The Labute approximate surface area is 125 Å². The number of anilines is 1. The summed E-state index contributed by atoms with van der Waals surface area (Å²) in [7, 11) is 1.29. The fourth-order valence-electron chi connectivity index (χ4n) is 3.86. The highest BCUT2D eigenvalue weighted by atomic mass is 32.1. The van der Waals surface area contributed by atoms with Crippen molar-refractivity contribution in [2.45, 2.75) is 6.42 Å². The van der Waals surface area contributed by atoms with Gasteiger partial charge in [0, 0.05) is 0 Å². The molecule has 0 radical (unpaired) electrons. The number of imide groups is 1. The van der Waals surface area contributed by atoms with Gasteiger partial charge in [-0.15, -0.1) is 11.3 Å². The molecule has 1 saturated heterocycles. The number of allylic oxidation sites excluding steroid dienone is 2. The van der Waals surface area contributed by atoms with Crippen LogP contribution in [-0.4, -0.2) is 24.9 Å².